The molecule has 8 nitrogen and oxygen atoms in total. The lowest BCUT2D eigenvalue weighted by Crippen LogP contribution is -2.19. The average molecular weight is 365 g/mol. The Bertz CT molecular complexity index is 933. The number of hydrogen-bond acceptors (Lipinski definition) is 5. The lowest BCUT2D eigenvalue weighted by Gasteiger charge is -2.09. The van der Waals surface area contributed by atoms with E-state index in [2.05, 4.69) is 26.1 Å². The number of rotatable bonds is 5. The maximum absolute atomic E-state index is 12.1. The number of anilines is 3. The molecule has 0 aliphatic heterocycles. The molecule has 8 heteroatoms. The van der Waals surface area contributed by atoms with E-state index in [4.69, 9.17) is 4.52 Å². The number of hydrogen-bond donors (Lipinski definition) is 3. The van der Waals surface area contributed by atoms with Gasteiger partial charge in [0.05, 0.1) is 0 Å². The first-order chi connectivity index (χ1) is 13.0. The number of aromatic nitrogens is 2. The number of aryl methyl sites for hydroxylation is 1. The minimum Gasteiger partial charge on any atom is -0.339 e. The summed E-state index contributed by atoms with van der Waals surface area (Å²) >= 11 is 0. The highest BCUT2D eigenvalue weighted by molar-refractivity contribution is 6.00. The number of carbonyl (C=O) groups is 2. The zero-order chi connectivity index (χ0) is 19.2. The van der Waals surface area contributed by atoms with Crippen LogP contribution in [-0.4, -0.2) is 22.1 Å². The Kier molecular flexibility index (Phi) is 5.46. The monoisotopic (exact) mass is 365 g/mol. The van der Waals surface area contributed by atoms with Gasteiger partial charge in [-0.15, -0.1) is 0 Å². The summed E-state index contributed by atoms with van der Waals surface area (Å²) in [7, 11) is 0. The van der Waals surface area contributed by atoms with Crippen LogP contribution in [0.5, 0.6) is 0 Å². The van der Waals surface area contributed by atoms with Gasteiger partial charge in [0.15, 0.2) is 0 Å². The standard InChI is InChI=1S/C19H19N5O3/c1-3-17-23-18(24-27-17)13-4-6-15(7-5-13)21-19(26)22-16-10-8-14(9-11-16)20-12(2)25/h4-11H,3H2,1-2H3,(H,20,25)(H2,21,22,26). The molecule has 3 aromatic rings. The van der Waals surface area contributed by atoms with E-state index < -0.39 is 0 Å². The largest absolute Gasteiger partial charge is 0.339 e. The Labute approximate surface area is 156 Å². The summed E-state index contributed by atoms with van der Waals surface area (Å²) in [4.78, 5) is 27.4. The van der Waals surface area contributed by atoms with Crippen LogP contribution in [0.4, 0.5) is 21.9 Å². The van der Waals surface area contributed by atoms with Gasteiger partial charge >= 0.3 is 6.03 Å². The Hall–Kier alpha value is -3.68. The highest BCUT2D eigenvalue weighted by atomic mass is 16.5. The second-order valence-corrected chi connectivity index (χ2v) is 5.78. The Morgan fingerprint density at radius 1 is 0.889 bits per heavy atom. The predicted octanol–water partition coefficient (Wildman–Crippen LogP) is 3.90. The topological polar surface area (TPSA) is 109 Å². The number of carbonyl (C=O) groups excluding carboxylic acids is 2. The predicted molar refractivity (Wildman–Crippen MR) is 102 cm³/mol. The fourth-order valence-corrected chi connectivity index (χ4v) is 2.35. The van der Waals surface area contributed by atoms with Gasteiger partial charge in [0.1, 0.15) is 0 Å². The summed E-state index contributed by atoms with van der Waals surface area (Å²) in [5.74, 6) is 0.946. The first-order valence-corrected chi connectivity index (χ1v) is 8.42. The molecule has 0 bridgehead atoms. The van der Waals surface area contributed by atoms with Gasteiger partial charge in [-0.25, -0.2) is 4.79 Å². The Balaban J connectivity index is 1.58. The third kappa shape index (κ3) is 4.91. The third-order valence-corrected chi connectivity index (χ3v) is 3.63. The van der Waals surface area contributed by atoms with Gasteiger partial charge < -0.3 is 20.5 Å². The number of nitrogens with zero attached hydrogens (tertiary/aromatic N) is 2. The van der Waals surface area contributed by atoms with E-state index in [1.54, 1.807) is 36.4 Å². The van der Waals surface area contributed by atoms with Crippen LogP contribution in [0.25, 0.3) is 11.4 Å². The van der Waals surface area contributed by atoms with E-state index in [9.17, 15) is 9.59 Å². The van der Waals surface area contributed by atoms with E-state index in [0.717, 1.165) is 5.56 Å². The highest BCUT2D eigenvalue weighted by Gasteiger charge is 2.08. The summed E-state index contributed by atoms with van der Waals surface area (Å²) in [6, 6.07) is 13.6. The van der Waals surface area contributed by atoms with Crippen LogP contribution in [0.2, 0.25) is 0 Å². The van der Waals surface area contributed by atoms with Gasteiger partial charge in [0, 0.05) is 36.0 Å². The number of urea groups is 1. The van der Waals surface area contributed by atoms with Gasteiger partial charge in [-0.05, 0) is 48.5 Å². The molecular weight excluding hydrogens is 346 g/mol. The van der Waals surface area contributed by atoms with E-state index in [1.807, 2.05) is 19.1 Å². The quantitative estimate of drug-likeness (QED) is 0.635. The van der Waals surface area contributed by atoms with Crippen molar-refractivity contribution in [1.82, 2.24) is 10.1 Å². The van der Waals surface area contributed by atoms with Crippen LogP contribution in [0, 0.1) is 0 Å². The van der Waals surface area contributed by atoms with Crippen LogP contribution in [-0.2, 0) is 11.2 Å². The van der Waals surface area contributed by atoms with Crippen molar-refractivity contribution in [3.63, 3.8) is 0 Å². The second-order valence-electron chi connectivity index (χ2n) is 5.78. The summed E-state index contributed by atoms with van der Waals surface area (Å²) in [6.07, 6.45) is 0.679. The molecule has 2 aromatic carbocycles. The van der Waals surface area contributed by atoms with Crippen molar-refractivity contribution in [2.75, 3.05) is 16.0 Å². The van der Waals surface area contributed by atoms with Crippen molar-refractivity contribution < 1.29 is 14.1 Å². The van der Waals surface area contributed by atoms with Crippen molar-refractivity contribution in [2.24, 2.45) is 0 Å². The number of benzene rings is 2. The third-order valence-electron chi connectivity index (χ3n) is 3.63. The van der Waals surface area contributed by atoms with Crippen LogP contribution in [0.1, 0.15) is 19.7 Å². The van der Waals surface area contributed by atoms with Crippen molar-refractivity contribution in [3.8, 4) is 11.4 Å². The Morgan fingerprint density at radius 2 is 1.41 bits per heavy atom. The minimum atomic E-state index is -0.372. The van der Waals surface area contributed by atoms with E-state index >= 15 is 0 Å². The first kappa shape index (κ1) is 18.1. The number of amides is 3. The fraction of sp³-hybridized carbons (Fsp3) is 0.158. The van der Waals surface area contributed by atoms with E-state index in [0.29, 0.717) is 35.2 Å². The fourth-order valence-electron chi connectivity index (χ4n) is 2.35. The van der Waals surface area contributed by atoms with Crippen molar-refractivity contribution >= 4 is 29.0 Å². The zero-order valence-corrected chi connectivity index (χ0v) is 14.9. The molecule has 3 rings (SSSR count). The van der Waals surface area contributed by atoms with Gasteiger partial charge in [-0.3, -0.25) is 4.79 Å². The summed E-state index contributed by atoms with van der Waals surface area (Å²) in [5.41, 5.74) is 2.71. The maximum atomic E-state index is 12.1. The van der Waals surface area contributed by atoms with Crippen LogP contribution < -0.4 is 16.0 Å². The molecule has 0 unspecified atom stereocenters. The van der Waals surface area contributed by atoms with Crippen LogP contribution >= 0.6 is 0 Å². The molecule has 0 spiro atoms. The molecule has 3 amide bonds. The van der Waals surface area contributed by atoms with Crippen molar-refractivity contribution in [2.45, 2.75) is 20.3 Å². The highest BCUT2D eigenvalue weighted by Crippen LogP contribution is 2.19. The minimum absolute atomic E-state index is 0.149. The average Bonchev–Trinajstić information content (AvgIpc) is 3.13. The molecule has 0 fully saturated rings. The lowest BCUT2D eigenvalue weighted by molar-refractivity contribution is -0.114. The molecule has 0 aliphatic rings. The van der Waals surface area contributed by atoms with Crippen LogP contribution in [0.15, 0.2) is 53.1 Å². The van der Waals surface area contributed by atoms with Gasteiger partial charge in [-0.2, -0.15) is 4.98 Å². The van der Waals surface area contributed by atoms with Gasteiger partial charge in [0.25, 0.3) is 0 Å². The van der Waals surface area contributed by atoms with Crippen LogP contribution in [0.3, 0.4) is 0 Å². The normalized spacial score (nSPS) is 10.3. The number of nitrogens with one attached hydrogen (secondary N) is 3. The molecular formula is C19H19N5O3. The molecule has 138 valence electrons. The van der Waals surface area contributed by atoms with Crippen molar-refractivity contribution in [3.05, 3.63) is 54.4 Å². The Morgan fingerprint density at radius 3 is 1.89 bits per heavy atom. The van der Waals surface area contributed by atoms with Gasteiger partial charge in [-0.1, -0.05) is 12.1 Å². The summed E-state index contributed by atoms with van der Waals surface area (Å²) < 4.78 is 5.09. The molecule has 27 heavy (non-hydrogen) atoms. The zero-order valence-electron chi connectivity index (χ0n) is 14.9. The maximum Gasteiger partial charge on any atom is 0.323 e. The molecule has 1 aromatic heterocycles. The second kappa shape index (κ2) is 8.13. The van der Waals surface area contributed by atoms with Crippen molar-refractivity contribution in [1.29, 1.82) is 0 Å². The molecule has 0 saturated heterocycles. The smallest absolute Gasteiger partial charge is 0.323 e. The molecule has 0 aliphatic carbocycles. The lowest BCUT2D eigenvalue weighted by atomic mass is 10.2. The molecule has 0 atom stereocenters. The van der Waals surface area contributed by atoms with E-state index in [1.165, 1.54) is 6.92 Å². The molecule has 1 heterocycles. The molecule has 3 N–H and O–H groups in total. The van der Waals surface area contributed by atoms with E-state index in [-0.39, 0.29) is 11.9 Å². The first-order valence-electron chi connectivity index (χ1n) is 8.42. The summed E-state index contributed by atoms with van der Waals surface area (Å²) in [6.45, 7) is 3.38. The molecule has 0 saturated carbocycles. The SMILES string of the molecule is CCc1nc(-c2ccc(NC(=O)Nc3ccc(NC(C)=O)cc3)cc2)no1. The summed E-state index contributed by atoms with van der Waals surface area (Å²) in [5, 5.41) is 12.1. The van der Waals surface area contributed by atoms with Gasteiger partial charge in [0.2, 0.25) is 17.6 Å². The molecule has 0 radical (unpaired) electrons.